The first-order chi connectivity index (χ1) is 12.0. The molecule has 1 heterocycles. The lowest BCUT2D eigenvalue weighted by Crippen LogP contribution is -2.70. The Bertz CT molecular complexity index is 580. The smallest absolute Gasteiger partial charge is 0.240 e. The summed E-state index contributed by atoms with van der Waals surface area (Å²) in [4.78, 5) is 13.9. The molecule has 1 aromatic carbocycles. The van der Waals surface area contributed by atoms with Crippen LogP contribution in [-0.2, 0) is 4.79 Å². The molecule has 0 aromatic heterocycles. The van der Waals surface area contributed by atoms with Crippen molar-refractivity contribution in [2.45, 2.75) is 37.3 Å². The topological polar surface area (TPSA) is 113 Å². The minimum atomic E-state index is -1.50. The van der Waals surface area contributed by atoms with E-state index in [2.05, 4.69) is 5.32 Å². The van der Waals surface area contributed by atoms with Crippen molar-refractivity contribution in [2.24, 2.45) is 0 Å². The Morgan fingerprint density at radius 2 is 1.84 bits per heavy atom. The second-order valence-electron chi connectivity index (χ2n) is 6.07. The number of rotatable bonds is 6. The van der Waals surface area contributed by atoms with Gasteiger partial charge in [-0.05, 0) is 12.5 Å². The van der Waals surface area contributed by atoms with Crippen LogP contribution < -0.4 is 5.32 Å². The summed E-state index contributed by atoms with van der Waals surface area (Å²) in [7, 11) is 0. The monoisotopic (exact) mass is 350 g/mol. The van der Waals surface area contributed by atoms with E-state index in [1.807, 2.05) is 36.4 Å². The van der Waals surface area contributed by atoms with E-state index in [0.29, 0.717) is 6.54 Å². The molecule has 5 atom stereocenters. The molecule has 1 saturated heterocycles. The molecule has 0 spiro atoms. The van der Waals surface area contributed by atoms with Gasteiger partial charge in [0.15, 0.2) is 0 Å². The number of carbonyl (C=O) groups excluding carboxylic acids is 1. The summed E-state index contributed by atoms with van der Waals surface area (Å²) in [6.45, 7) is 1.91. The maximum atomic E-state index is 12.4. The van der Waals surface area contributed by atoms with E-state index in [9.17, 15) is 25.2 Å². The molecule has 0 unspecified atom stereocenters. The molecule has 0 bridgehead atoms. The van der Waals surface area contributed by atoms with Gasteiger partial charge in [-0.15, -0.1) is 0 Å². The number of piperidine rings is 1. The number of amides is 1. The maximum Gasteiger partial charge on any atom is 0.240 e. The zero-order valence-corrected chi connectivity index (χ0v) is 14.2. The molecule has 1 aliphatic rings. The van der Waals surface area contributed by atoms with Crippen LogP contribution in [0.3, 0.4) is 0 Å². The van der Waals surface area contributed by atoms with Crippen molar-refractivity contribution < 1.29 is 25.2 Å². The van der Waals surface area contributed by atoms with E-state index in [-0.39, 0.29) is 6.54 Å². The highest BCUT2D eigenvalue weighted by Crippen LogP contribution is 2.25. The van der Waals surface area contributed by atoms with E-state index < -0.39 is 42.9 Å². The molecule has 0 saturated carbocycles. The lowest BCUT2D eigenvalue weighted by Gasteiger charge is -2.47. The van der Waals surface area contributed by atoms with Crippen molar-refractivity contribution >= 4 is 12.0 Å². The van der Waals surface area contributed by atoms with Gasteiger partial charge in [0.25, 0.3) is 0 Å². The summed E-state index contributed by atoms with van der Waals surface area (Å²) >= 11 is 0. The fourth-order valence-electron chi connectivity index (χ4n) is 3.14. The largest absolute Gasteiger partial charge is 0.395 e. The number of aliphatic hydroxyl groups is 4. The molecule has 2 rings (SSSR count). The second-order valence-corrected chi connectivity index (χ2v) is 6.07. The van der Waals surface area contributed by atoms with E-state index >= 15 is 0 Å². The zero-order valence-electron chi connectivity index (χ0n) is 14.2. The van der Waals surface area contributed by atoms with E-state index in [1.54, 1.807) is 13.0 Å². The molecule has 1 aliphatic heterocycles. The predicted octanol–water partition coefficient (Wildman–Crippen LogP) is -1.04. The lowest BCUT2D eigenvalue weighted by molar-refractivity contribution is -0.176. The lowest BCUT2D eigenvalue weighted by atomic mass is 9.87. The van der Waals surface area contributed by atoms with Crippen molar-refractivity contribution in [3.8, 4) is 0 Å². The van der Waals surface area contributed by atoms with Crippen LogP contribution in [0.2, 0.25) is 0 Å². The number of nitrogens with zero attached hydrogens (tertiary/aromatic N) is 1. The minimum Gasteiger partial charge on any atom is -0.395 e. The first-order valence-corrected chi connectivity index (χ1v) is 8.41. The molecular weight excluding hydrogens is 324 g/mol. The van der Waals surface area contributed by atoms with Crippen LogP contribution >= 0.6 is 0 Å². The fraction of sp³-hybridized carbons (Fsp3) is 0.500. The summed E-state index contributed by atoms with van der Waals surface area (Å²) in [5.41, 5.74) is 0.968. The standard InChI is InChI=1S/C18H26N2O5/c1-2-19-18(25)14-16(23)17(24)15(22)13(11-21)20(14)10-6-9-12-7-4-3-5-8-12/h3-9,13-17,21-24H,2,10-11H2,1H3,(H,19,25)/b9-6+/t13-,14+,15-,16-,17+/m1/s1. The van der Waals surface area contributed by atoms with Crippen LogP contribution in [0, 0.1) is 0 Å². The average molecular weight is 350 g/mol. The first-order valence-electron chi connectivity index (χ1n) is 8.41. The minimum absolute atomic E-state index is 0.225. The number of benzene rings is 1. The number of likely N-dealkylation sites (tertiary alicyclic amines) is 1. The number of likely N-dealkylation sites (N-methyl/N-ethyl adjacent to an activating group) is 1. The fourth-order valence-corrected chi connectivity index (χ4v) is 3.14. The van der Waals surface area contributed by atoms with Gasteiger partial charge in [-0.1, -0.05) is 42.5 Å². The van der Waals surface area contributed by atoms with Crippen LogP contribution in [0.25, 0.3) is 6.08 Å². The summed E-state index contributed by atoms with van der Waals surface area (Å²) in [5, 5.41) is 42.7. The number of hydrogen-bond donors (Lipinski definition) is 5. The Labute approximate surface area is 147 Å². The third-order valence-electron chi connectivity index (χ3n) is 4.43. The second kappa shape index (κ2) is 9.07. The van der Waals surface area contributed by atoms with Crippen molar-refractivity contribution in [3.63, 3.8) is 0 Å². The van der Waals surface area contributed by atoms with Crippen molar-refractivity contribution in [2.75, 3.05) is 19.7 Å². The Morgan fingerprint density at radius 3 is 2.44 bits per heavy atom. The summed E-state index contributed by atoms with van der Waals surface area (Å²) in [6, 6.07) is 7.64. The number of carbonyl (C=O) groups is 1. The molecule has 0 radical (unpaired) electrons. The van der Waals surface area contributed by atoms with Crippen LogP contribution in [0.15, 0.2) is 36.4 Å². The number of hydrogen-bond acceptors (Lipinski definition) is 6. The third-order valence-corrected chi connectivity index (χ3v) is 4.43. The van der Waals surface area contributed by atoms with E-state index in [1.165, 1.54) is 4.90 Å². The predicted molar refractivity (Wildman–Crippen MR) is 93.5 cm³/mol. The Kier molecular flexibility index (Phi) is 7.10. The van der Waals surface area contributed by atoms with Crippen LogP contribution in [-0.4, -0.2) is 81.3 Å². The van der Waals surface area contributed by atoms with Crippen molar-refractivity contribution in [1.29, 1.82) is 0 Å². The van der Waals surface area contributed by atoms with Gasteiger partial charge >= 0.3 is 0 Å². The van der Waals surface area contributed by atoms with E-state index in [0.717, 1.165) is 5.56 Å². The average Bonchev–Trinajstić information content (AvgIpc) is 2.61. The van der Waals surface area contributed by atoms with Crippen LogP contribution in [0.5, 0.6) is 0 Å². The van der Waals surface area contributed by atoms with Crippen molar-refractivity contribution in [1.82, 2.24) is 10.2 Å². The Balaban J connectivity index is 2.23. The zero-order chi connectivity index (χ0) is 18.4. The number of nitrogens with one attached hydrogen (secondary N) is 1. The molecule has 7 heteroatoms. The summed E-state index contributed by atoms with van der Waals surface area (Å²) < 4.78 is 0. The maximum absolute atomic E-state index is 12.4. The SMILES string of the molecule is CCNC(=O)[C@@H]1[C@@H](O)[C@@H](O)[C@H](O)[C@@H](CO)N1C/C=C/c1ccccc1. The quantitative estimate of drug-likeness (QED) is 0.448. The summed E-state index contributed by atoms with van der Waals surface area (Å²) in [5.74, 6) is -0.451. The molecule has 0 aliphatic carbocycles. The molecule has 1 amide bonds. The molecule has 5 N–H and O–H groups in total. The molecular formula is C18H26N2O5. The third kappa shape index (κ3) is 4.45. The molecule has 25 heavy (non-hydrogen) atoms. The van der Waals surface area contributed by atoms with E-state index in [4.69, 9.17) is 0 Å². The summed E-state index contributed by atoms with van der Waals surface area (Å²) in [6.07, 6.45) is -0.654. The van der Waals surface area contributed by atoms with Gasteiger partial charge in [-0.25, -0.2) is 0 Å². The van der Waals surface area contributed by atoms with Gasteiger partial charge in [-0.3, -0.25) is 9.69 Å². The van der Waals surface area contributed by atoms with Crippen LogP contribution in [0.1, 0.15) is 12.5 Å². The molecule has 7 nitrogen and oxygen atoms in total. The van der Waals surface area contributed by atoms with Gasteiger partial charge in [0.05, 0.1) is 12.6 Å². The van der Waals surface area contributed by atoms with Gasteiger partial charge < -0.3 is 25.7 Å². The van der Waals surface area contributed by atoms with Gasteiger partial charge in [0.2, 0.25) is 5.91 Å². The van der Waals surface area contributed by atoms with Gasteiger partial charge in [-0.2, -0.15) is 0 Å². The van der Waals surface area contributed by atoms with Gasteiger partial charge in [0.1, 0.15) is 24.4 Å². The normalized spacial score (nSPS) is 30.5. The highest BCUT2D eigenvalue weighted by atomic mass is 16.4. The van der Waals surface area contributed by atoms with Gasteiger partial charge in [0, 0.05) is 13.1 Å². The number of aliphatic hydroxyl groups excluding tert-OH is 4. The Morgan fingerprint density at radius 1 is 1.16 bits per heavy atom. The molecule has 138 valence electrons. The first kappa shape index (κ1) is 19.6. The molecule has 1 fully saturated rings. The Hall–Kier alpha value is -1.77. The molecule has 1 aromatic rings. The highest BCUT2D eigenvalue weighted by molar-refractivity contribution is 5.82. The highest BCUT2D eigenvalue weighted by Gasteiger charge is 2.49. The van der Waals surface area contributed by atoms with Crippen molar-refractivity contribution in [3.05, 3.63) is 42.0 Å². The van der Waals surface area contributed by atoms with Crippen LogP contribution in [0.4, 0.5) is 0 Å².